The SMILES string of the molecule is CCC(CC)(Oc1ccc(OC(C)O)cc1)C(=O)O. The van der Waals surface area contributed by atoms with Crippen molar-refractivity contribution in [1.29, 1.82) is 0 Å². The first-order valence-electron chi connectivity index (χ1n) is 6.30. The topological polar surface area (TPSA) is 76.0 Å². The highest BCUT2D eigenvalue weighted by Gasteiger charge is 2.37. The molecule has 19 heavy (non-hydrogen) atoms. The van der Waals surface area contributed by atoms with Gasteiger partial charge in [0.1, 0.15) is 11.5 Å². The molecule has 0 aliphatic rings. The van der Waals surface area contributed by atoms with Crippen LogP contribution in [-0.4, -0.2) is 28.1 Å². The van der Waals surface area contributed by atoms with Crippen LogP contribution in [0, 0.1) is 0 Å². The quantitative estimate of drug-likeness (QED) is 0.743. The lowest BCUT2D eigenvalue weighted by Gasteiger charge is -2.28. The van der Waals surface area contributed by atoms with Gasteiger partial charge in [0.2, 0.25) is 5.60 Å². The molecule has 5 nitrogen and oxygen atoms in total. The lowest BCUT2D eigenvalue weighted by molar-refractivity contribution is -0.156. The molecule has 0 heterocycles. The molecule has 106 valence electrons. The highest BCUT2D eigenvalue weighted by atomic mass is 16.6. The van der Waals surface area contributed by atoms with E-state index in [-0.39, 0.29) is 0 Å². The second-order valence-corrected chi connectivity index (χ2v) is 4.30. The van der Waals surface area contributed by atoms with Crippen LogP contribution in [0.4, 0.5) is 0 Å². The Bertz CT molecular complexity index is 406. The van der Waals surface area contributed by atoms with E-state index in [1.165, 1.54) is 6.92 Å². The summed E-state index contributed by atoms with van der Waals surface area (Å²) < 4.78 is 10.7. The number of hydrogen-bond acceptors (Lipinski definition) is 4. The number of benzene rings is 1. The zero-order valence-corrected chi connectivity index (χ0v) is 11.4. The third-order valence-electron chi connectivity index (χ3n) is 2.98. The molecule has 0 radical (unpaired) electrons. The van der Waals surface area contributed by atoms with Crippen molar-refractivity contribution in [3.8, 4) is 11.5 Å². The third-order valence-corrected chi connectivity index (χ3v) is 2.98. The maximum absolute atomic E-state index is 11.3. The van der Waals surface area contributed by atoms with Crippen LogP contribution in [0.2, 0.25) is 0 Å². The van der Waals surface area contributed by atoms with Gasteiger partial charge in [-0.05, 0) is 44.0 Å². The van der Waals surface area contributed by atoms with Crippen molar-refractivity contribution in [2.24, 2.45) is 0 Å². The number of carbonyl (C=O) groups is 1. The van der Waals surface area contributed by atoms with Crippen molar-refractivity contribution in [2.75, 3.05) is 0 Å². The number of aliphatic hydroxyl groups excluding tert-OH is 1. The van der Waals surface area contributed by atoms with E-state index in [4.69, 9.17) is 14.6 Å². The van der Waals surface area contributed by atoms with Gasteiger partial charge in [-0.3, -0.25) is 0 Å². The minimum atomic E-state index is -1.20. The van der Waals surface area contributed by atoms with Gasteiger partial charge in [-0.25, -0.2) is 4.79 Å². The summed E-state index contributed by atoms with van der Waals surface area (Å²) in [4.78, 5) is 11.3. The minimum absolute atomic E-state index is 0.380. The molecule has 1 unspecified atom stereocenters. The van der Waals surface area contributed by atoms with Crippen LogP contribution >= 0.6 is 0 Å². The summed E-state index contributed by atoms with van der Waals surface area (Å²) >= 11 is 0. The van der Waals surface area contributed by atoms with E-state index < -0.39 is 17.9 Å². The standard InChI is InChI=1S/C14H20O5/c1-4-14(5-2,13(16)17)19-12-8-6-11(7-9-12)18-10(3)15/h6-10,15H,4-5H2,1-3H3,(H,16,17). The van der Waals surface area contributed by atoms with Crippen LogP contribution in [0.25, 0.3) is 0 Å². The Hall–Kier alpha value is -1.75. The van der Waals surface area contributed by atoms with Gasteiger partial charge >= 0.3 is 5.97 Å². The number of rotatable bonds is 7. The molecule has 5 heteroatoms. The van der Waals surface area contributed by atoms with Crippen LogP contribution < -0.4 is 9.47 Å². The molecular weight excluding hydrogens is 248 g/mol. The summed E-state index contributed by atoms with van der Waals surface area (Å²) in [5, 5.41) is 18.4. The van der Waals surface area contributed by atoms with E-state index >= 15 is 0 Å². The van der Waals surface area contributed by atoms with Crippen molar-refractivity contribution in [1.82, 2.24) is 0 Å². The van der Waals surface area contributed by atoms with E-state index in [2.05, 4.69) is 0 Å². The summed E-state index contributed by atoms with van der Waals surface area (Å²) in [6.45, 7) is 5.07. The molecule has 0 fully saturated rings. The number of carboxylic acids is 1. The van der Waals surface area contributed by atoms with E-state index in [9.17, 15) is 9.90 Å². The first kappa shape index (κ1) is 15.3. The molecular formula is C14H20O5. The predicted octanol–water partition coefficient (Wildman–Crippen LogP) is 2.43. The third kappa shape index (κ3) is 3.86. The monoisotopic (exact) mass is 268 g/mol. The van der Waals surface area contributed by atoms with Crippen molar-refractivity contribution in [2.45, 2.75) is 45.5 Å². The maximum atomic E-state index is 11.3. The molecule has 1 aromatic carbocycles. The second kappa shape index (κ2) is 6.43. The molecule has 0 bridgehead atoms. The van der Waals surface area contributed by atoms with E-state index in [1.54, 1.807) is 38.1 Å². The van der Waals surface area contributed by atoms with Crippen LogP contribution in [-0.2, 0) is 4.79 Å². The highest BCUT2D eigenvalue weighted by Crippen LogP contribution is 2.27. The first-order chi connectivity index (χ1) is 8.93. The first-order valence-corrected chi connectivity index (χ1v) is 6.30. The zero-order chi connectivity index (χ0) is 14.5. The second-order valence-electron chi connectivity index (χ2n) is 4.30. The van der Waals surface area contributed by atoms with E-state index in [1.807, 2.05) is 0 Å². The van der Waals surface area contributed by atoms with Crippen LogP contribution in [0.5, 0.6) is 11.5 Å². The number of hydrogen-bond donors (Lipinski definition) is 2. The summed E-state index contributed by atoms with van der Waals surface area (Å²) in [5.74, 6) is -0.0119. The van der Waals surface area contributed by atoms with Gasteiger partial charge in [-0.2, -0.15) is 0 Å². The normalized spacial score (nSPS) is 12.8. The average molecular weight is 268 g/mol. The molecule has 0 amide bonds. The van der Waals surface area contributed by atoms with Gasteiger partial charge in [-0.15, -0.1) is 0 Å². The Morgan fingerprint density at radius 1 is 1.21 bits per heavy atom. The lowest BCUT2D eigenvalue weighted by Crippen LogP contribution is -2.43. The van der Waals surface area contributed by atoms with Gasteiger partial charge in [0.25, 0.3) is 0 Å². The molecule has 1 atom stereocenters. The fraction of sp³-hybridized carbons (Fsp3) is 0.500. The fourth-order valence-corrected chi connectivity index (χ4v) is 1.75. The highest BCUT2D eigenvalue weighted by molar-refractivity contribution is 5.77. The van der Waals surface area contributed by atoms with Crippen LogP contribution in [0.1, 0.15) is 33.6 Å². The summed E-state index contributed by atoms with van der Waals surface area (Å²) in [5.41, 5.74) is -1.20. The Kier molecular flexibility index (Phi) is 5.18. The largest absolute Gasteiger partial charge is 0.478 e. The molecule has 0 spiro atoms. The molecule has 0 aromatic heterocycles. The molecule has 1 aromatic rings. The molecule has 0 aliphatic carbocycles. The Balaban J connectivity index is 2.84. The van der Waals surface area contributed by atoms with Crippen molar-refractivity contribution >= 4 is 5.97 Å². The molecule has 0 saturated carbocycles. The maximum Gasteiger partial charge on any atom is 0.348 e. The molecule has 0 saturated heterocycles. The Morgan fingerprint density at radius 3 is 2.05 bits per heavy atom. The number of carboxylic acid groups (broad SMARTS) is 1. The molecule has 0 aliphatic heterocycles. The van der Waals surface area contributed by atoms with E-state index in [0.29, 0.717) is 24.3 Å². The van der Waals surface area contributed by atoms with Crippen molar-refractivity contribution in [3.05, 3.63) is 24.3 Å². The van der Waals surface area contributed by atoms with Gasteiger partial charge in [0, 0.05) is 0 Å². The van der Waals surface area contributed by atoms with Crippen LogP contribution in [0.3, 0.4) is 0 Å². The number of aliphatic carboxylic acids is 1. The fourth-order valence-electron chi connectivity index (χ4n) is 1.75. The lowest BCUT2D eigenvalue weighted by atomic mass is 9.97. The average Bonchev–Trinajstić information content (AvgIpc) is 2.37. The number of aliphatic hydroxyl groups is 1. The van der Waals surface area contributed by atoms with Gasteiger partial charge < -0.3 is 19.7 Å². The van der Waals surface area contributed by atoms with Crippen LogP contribution in [0.15, 0.2) is 24.3 Å². The summed E-state index contributed by atoms with van der Waals surface area (Å²) in [7, 11) is 0. The summed E-state index contributed by atoms with van der Waals surface area (Å²) in [6, 6.07) is 6.50. The van der Waals surface area contributed by atoms with Gasteiger partial charge in [0.05, 0.1) is 0 Å². The zero-order valence-electron chi connectivity index (χ0n) is 11.4. The minimum Gasteiger partial charge on any atom is -0.478 e. The van der Waals surface area contributed by atoms with Gasteiger partial charge in [0.15, 0.2) is 6.29 Å². The Labute approximate surface area is 112 Å². The number of ether oxygens (including phenoxy) is 2. The van der Waals surface area contributed by atoms with Crippen molar-refractivity contribution in [3.63, 3.8) is 0 Å². The smallest absolute Gasteiger partial charge is 0.348 e. The van der Waals surface area contributed by atoms with Gasteiger partial charge in [-0.1, -0.05) is 13.8 Å². The molecule has 1 rings (SSSR count). The predicted molar refractivity (Wildman–Crippen MR) is 70.3 cm³/mol. The van der Waals surface area contributed by atoms with E-state index in [0.717, 1.165) is 0 Å². The summed E-state index contributed by atoms with van der Waals surface area (Å²) in [6.07, 6.45) is -0.133. The molecule has 2 N–H and O–H groups in total. The van der Waals surface area contributed by atoms with Crippen molar-refractivity contribution < 1.29 is 24.5 Å². The Morgan fingerprint density at radius 2 is 1.68 bits per heavy atom.